The summed E-state index contributed by atoms with van der Waals surface area (Å²) in [5.74, 6) is -0.553. The predicted molar refractivity (Wildman–Crippen MR) is 78.0 cm³/mol. The highest BCUT2D eigenvalue weighted by molar-refractivity contribution is 9.10. The SMILES string of the molecule is O=C1NC2(CCNCC2)C(=O)N1Cc1ccc(F)cc1Br. The van der Waals surface area contributed by atoms with Crippen molar-refractivity contribution in [2.75, 3.05) is 13.1 Å². The van der Waals surface area contributed by atoms with Crippen LogP contribution in [0.1, 0.15) is 18.4 Å². The molecule has 0 aromatic heterocycles. The van der Waals surface area contributed by atoms with Crippen molar-refractivity contribution in [2.24, 2.45) is 0 Å². The Bertz CT molecular complexity index is 602. The van der Waals surface area contributed by atoms with Crippen molar-refractivity contribution in [3.05, 3.63) is 34.1 Å². The Kier molecular flexibility index (Phi) is 3.71. The van der Waals surface area contributed by atoms with Crippen LogP contribution in [0.15, 0.2) is 22.7 Å². The van der Waals surface area contributed by atoms with Crippen LogP contribution in [-0.4, -0.2) is 35.5 Å². The Hall–Kier alpha value is -1.47. The number of halogens is 2. The summed E-state index contributed by atoms with van der Waals surface area (Å²) in [7, 11) is 0. The number of hydrogen-bond acceptors (Lipinski definition) is 3. The number of carbonyl (C=O) groups excluding carboxylic acids is 2. The average molecular weight is 356 g/mol. The average Bonchev–Trinajstić information content (AvgIpc) is 2.67. The van der Waals surface area contributed by atoms with E-state index in [1.807, 2.05) is 0 Å². The van der Waals surface area contributed by atoms with Crippen molar-refractivity contribution in [2.45, 2.75) is 24.9 Å². The summed E-state index contributed by atoms with van der Waals surface area (Å²) in [4.78, 5) is 25.9. The second-order valence-corrected chi connectivity index (χ2v) is 6.24. The number of piperidine rings is 1. The van der Waals surface area contributed by atoms with Crippen LogP contribution in [-0.2, 0) is 11.3 Å². The summed E-state index contributed by atoms with van der Waals surface area (Å²) in [6.07, 6.45) is 1.19. The van der Waals surface area contributed by atoms with Gasteiger partial charge in [-0.15, -0.1) is 0 Å². The maximum Gasteiger partial charge on any atom is 0.325 e. The molecule has 2 fully saturated rings. The molecule has 2 N–H and O–H groups in total. The zero-order valence-electron chi connectivity index (χ0n) is 11.3. The molecule has 0 saturated carbocycles. The van der Waals surface area contributed by atoms with Gasteiger partial charge in [0.15, 0.2) is 0 Å². The van der Waals surface area contributed by atoms with Crippen LogP contribution in [0.3, 0.4) is 0 Å². The molecule has 1 spiro atoms. The fourth-order valence-corrected chi connectivity index (χ4v) is 3.31. The van der Waals surface area contributed by atoms with Gasteiger partial charge in [0.25, 0.3) is 5.91 Å². The standard InChI is InChI=1S/C14H15BrFN3O2/c15-11-7-10(16)2-1-9(11)8-19-12(20)14(18-13(19)21)3-5-17-6-4-14/h1-2,7,17H,3-6,8H2,(H,18,21). The van der Waals surface area contributed by atoms with Crippen molar-refractivity contribution >= 4 is 27.9 Å². The molecule has 2 heterocycles. The molecule has 1 aromatic rings. The monoisotopic (exact) mass is 355 g/mol. The summed E-state index contributed by atoms with van der Waals surface area (Å²) in [5, 5.41) is 6.01. The lowest BCUT2D eigenvalue weighted by molar-refractivity contribution is -0.132. The Balaban J connectivity index is 1.82. The number of benzene rings is 1. The van der Waals surface area contributed by atoms with Crippen LogP contribution < -0.4 is 10.6 Å². The van der Waals surface area contributed by atoms with E-state index in [4.69, 9.17) is 0 Å². The van der Waals surface area contributed by atoms with E-state index >= 15 is 0 Å². The quantitative estimate of drug-likeness (QED) is 0.794. The van der Waals surface area contributed by atoms with Gasteiger partial charge in [0.2, 0.25) is 0 Å². The van der Waals surface area contributed by atoms with E-state index in [2.05, 4.69) is 26.6 Å². The summed E-state index contributed by atoms with van der Waals surface area (Å²) in [6.45, 7) is 1.56. The molecule has 0 bridgehead atoms. The molecular weight excluding hydrogens is 341 g/mol. The van der Waals surface area contributed by atoms with Gasteiger partial charge in [0.05, 0.1) is 6.54 Å². The highest BCUT2D eigenvalue weighted by Crippen LogP contribution is 2.29. The van der Waals surface area contributed by atoms with Crippen LogP contribution in [0.5, 0.6) is 0 Å². The molecule has 1 aromatic carbocycles. The van der Waals surface area contributed by atoms with E-state index in [0.29, 0.717) is 36.0 Å². The summed E-state index contributed by atoms with van der Waals surface area (Å²) < 4.78 is 13.7. The highest BCUT2D eigenvalue weighted by Gasteiger charge is 2.51. The van der Waals surface area contributed by atoms with Gasteiger partial charge >= 0.3 is 6.03 Å². The Morgan fingerprint density at radius 1 is 1.29 bits per heavy atom. The lowest BCUT2D eigenvalue weighted by Crippen LogP contribution is -2.53. The number of carbonyl (C=O) groups is 2. The molecule has 0 aliphatic carbocycles. The normalized spacial score (nSPS) is 21.0. The first-order valence-corrected chi connectivity index (χ1v) is 7.60. The van der Waals surface area contributed by atoms with Crippen molar-refractivity contribution < 1.29 is 14.0 Å². The molecule has 2 aliphatic rings. The van der Waals surface area contributed by atoms with Crippen LogP contribution in [0, 0.1) is 5.82 Å². The molecule has 5 nitrogen and oxygen atoms in total. The van der Waals surface area contributed by atoms with Crippen molar-refractivity contribution in [1.82, 2.24) is 15.5 Å². The first-order chi connectivity index (χ1) is 10.0. The Labute approximate surface area is 130 Å². The molecule has 2 saturated heterocycles. The van der Waals surface area contributed by atoms with Gasteiger partial charge in [-0.3, -0.25) is 9.69 Å². The maximum absolute atomic E-state index is 13.1. The van der Waals surface area contributed by atoms with Crippen LogP contribution in [0.25, 0.3) is 0 Å². The molecule has 0 atom stereocenters. The number of rotatable bonds is 2. The first kappa shape index (κ1) is 14.5. The van der Waals surface area contributed by atoms with E-state index in [1.165, 1.54) is 17.0 Å². The highest BCUT2D eigenvalue weighted by atomic mass is 79.9. The summed E-state index contributed by atoms with van der Waals surface area (Å²) in [6, 6.07) is 3.85. The Morgan fingerprint density at radius 3 is 2.67 bits per heavy atom. The molecule has 3 rings (SSSR count). The third-order valence-electron chi connectivity index (χ3n) is 4.05. The zero-order valence-corrected chi connectivity index (χ0v) is 12.9. The third-order valence-corrected chi connectivity index (χ3v) is 4.78. The smallest absolute Gasteiger partial charge is 0.323 e. The summed E-state index contributed by atoms with van der Waals surface area (Å²) in [5.41, 5.74) is -0.0691. The lowest BCUT2D eigenvalue weighted by atomic mass is 9.88. The molecule has 0 unspecified atom stereocenters. The van der Waals surface area contributed by atoms with Crippen LogP contribution >= 0.6 is 15.9 Å². The molecule has 21 heavy (non-hydrogen) atoms. The minimum atomic E-state index is -0.769. The fraction of sp³-hybridized carbons (Fsp3) is 0.429. The van der Waals surface area contributed by atoms with Gasteiger partial charge in [-0.25, -0.2) is 9.18 Å². The number of imide groups is 1. The molecule has 0 radical (unpaired) electrons. The van der Waals surface area contributed by atoms with Crippen LogP contribution in [0.4, 0.5) is 9.18 Å². The second kappa shape index (κ2) is 5.38. The summed E-state index contributed by atoms with van der Waals surface area (Å²) >= 11 is 3.26. The van der Waals surface area contributed by atoms with Gasteiger partial charge in [-0.05, 0) is 43.6 Å². The van der Waals surface area contributed by atoms with E-state index < -0.39 is 5.54 Å². The molecule has 2 aliphatic heterocycles. The van der Waals surface area contributed by atoms with Gasteiger partial charge < -0.3 is 10.6 Å². The van der Waals surface area contributed by atoms with E-state index in [0.717, 1.165) is 0 Å². The van der Waals surface area contributed by atoms with Crippen molar-refractivity contribution in [1.29, 1.82) is 0 Å². The van der Waals surface area contributed by atoms with Crippen LogP contribution in [0.2, 0.25) is 0 Å². The molecule has 7 heteroatoms. The number of nitrogens with one attached hydrogen (secondary N) is 2. The number of amides is 3. The lowest BCUT2D eigenvalue weighted by Gasteiger charge is -2.31. The number of urea groups is 1. The van der Waals surface area contributed by atoms with Crippen molar-refractivity contribution in [3.63, 3.8) is 0 Å². The van der Waals surface area contributed by atoms with E-state index in [1.54, 1.807) is 6.07 Å². The Morgan fingerprint density at radius 2 is 2.00 bits per heavy atom. The predicted octanol–water partition coefficient (Wildman–Crippen LogP) is 1.76. The number of nitrogens with zero attached hydrogens (tertiary/aromatic N) is 1. The molecule has 112 valence electrons. The van der Waals surface area contributed by atoms with Crippen molar-refractivity contribution in [3.8, 4) is 0 Å². The zero-order chi connectivity index (χ0) is 15.0. The van der Waals surface area contributed by atoms with Gasteiger partial charge in [-0.2, -0.15) is 0 Å². The largest absolute Gasteiger partial charge is 0.325 e. The number of hydrogen-bond donors (Lipinski definition) is 2. The molecular formula is C14H15BrFN3O2. The minimum Gasteiger partial charge on any atom is -0.323 e. The van der Waals surface area contributed by atoms with Gasteiger partial charge in [-0.1, -0.05) is 22.0 Å². The van der Waals surface area contributed by atoms with Gasteiger partial charge in [0, 0.05) is 4.47 Å². The third kappa shape index (κ3) is 2.55. The van der Waals surface area contributed by atoms with E-state index in [9.17, 15) is 14.0 Å². The first-order valence-electron chi connectivity index (χ1n) is 6.81. The minimum absolute atomic E-state index is 0.140. The maximum atomic E-state index is 13.1. The van der Waals surface area contributed by atoms with E-state index in [-0.39, 0.29) is 24.3 Å². The second-order valence-electron chi connectivity index (χ2n) is 5.39. The topological polar surface area (TPSA) is 61.4 Å². The van der Waals surface area contributed by atoms with Gasteiger partial charge in [0.1, 0.15) is 11.4 Å². The molecule has 3 amide bonds. The fourth-order valence-electron chi connectivity index (χ4n) is 2.83.